The number of piperidine rings is 1. The Balaban J connectivity index is 1.56. The predicted molar refractivity (Wildman–Crippen MR) is 110 cm³/mol. The van der Waals surface area contributed by atoms with Gasteiger partial charge in [0.2, 0.25) is 5.88 Å². The van der Waals surface area contributed by atoms with Crippen LogP contribution >= 0.6 is 0 Å². The summed E-state index contributed by atoms with van der Waals surface area (Å²) in [6, 6.07) is 5.00. The van der Waals surface area contributed by atoms with Crippen molar-refractivity contribution in [1.82, 2.24) is 19.7 Å². The third-order valence-electron chi connectivity index (χ3n) is 6.36. The number of amides is 1. The fourth-order valence-electron chi connectivity index (χ4n) is 4.98. The van der Waals surface area contributed by atoms with Crippen LogP contribution in [0.1, 0.15) is 46.9 Å². The molecule has 2 aromatic heterocycles. The fraction of sp³-hybridized carbons (Fsp3) is 0.348. The van der Waals surface area contributed by atoms with E-state index in [1.165, 1.54) is 13.3 Å². The number of hydrogen-bond acceptors (Lipinski definition) is 4. The van der Waals surface area contributed by atoms with Gasteiger partial charge in [0.25, 0.3) is 5.91 Å². The van der Waals surface area contributed by atoms with Gasteiger partial charge in [-0.05, 0) is 43.9 Å². The number of benzene rings is 1. The summed E-state index contributed by atoms with van der Waals surface area (Å²) in [5, 5.41) is 4.63. The van der Waals surface area contributed by atoms with E-state index in [0.29, 0.717) is 23.6 Å². The predicted octanol–water partition coefficient (Wildman–Crippen LogP) is 4.20. The van der Waals surface area contributed by atoms with Gasteiger partial charge in [-0.15, -0.1) is 0 Å². The molecule has 2 aliphatic rings. The molecule has 1 aromatic carbocycles. The number of carbonyl (C=O) groups is 1. The summed E-state index contributed by atoms with van der Waals surface area (Å²) in [6.45, 7) is 0. The van der Waals surface area contributed by atoms with Crippen molar-refractivity contribution >= 4 is 5.91 Å². The molecule has 0 aliphatic carbocycles. The van der Waals surface area contributed by atoms with E-state index in [0.717, 1.165) is 42.7 Å². The molecule has 166 valence electrons. The molecule has 5 rings (SSSR count). The topological polar surface area (TPSA) is 60.2 Å². The van der Waals surface area contributed by atoms with Crippen LogP contribution in [0.3, 0.4) is 0 Å². The van der Waals surface area contributed by atoms with Crippen molar-refractivity contribution in [3.05, 3.63) is 64.7 Å². The van der Waals surface area contributed by atoms with E-state index in [9.17, 15) is 18.0 Å². The zero-order chi connectivity index (χ0) is 22.6. The van der Waals surface area contributed by atoms with Gasteiger partial charge < -0.3 is 9.64 Å². The van der Waals surface area contributed by atoms with Crippen LogP contribution in [0.4, 0.5) is 13.2 Å². The second-order valence-electron chi connectivity index (χ2n) is 8.20. The number of rotatable bonds is 3. The first-order valence-corrected chi connectivity index (χ1v) is 10.4. The number of aryl methyl sites for hydroxylation is 1. The third-order valence-corrected chi connectivity index (χ3v) is 6.36. The summed E-state index contributed by atoms with van der Waals surface area (Å²) in [4.78, 5) is 19.4. The minimum Gasteiger partial charge on any atom is -0.481 e. The van der Waals surface area contributed by atoms with Crippen LogP contribution in [0.2, 0.25) is 0 Å². The van der Waals surface area contributed by atoms with E-state index < -0.39 is 17.5 Å². The summed E-state index contributed by atoms with van der Waals surface area (Å²) in [5.74, 6) is -3.68. The second-order valence-corrected chi connectivity index (χ2v) is 8.20. The lowest BCUT2D eigenvalue weighted by atomic mass is 9.81. The number of nitrogens with zero attached hydrogens (tertiary/aromatic N) is 4. The molecule has 1 fully saturated rings. The summed E-state index contributed by atoms with van der Waals surface area (Å²) in [5.41, 5.74) is 2.82. The van der Waals surface area contributed by atoms with Crippen molar-refractivity contribution in [2.45, 2.75) is 37.8 Å². The monoisotopic (exact) mass is 442 g/mol. The maximum atomic E-state index is 13.9. The fourth-order valence-corrected chi connectivity index (χ4v) is 4.98. The van der Waals surface area contributed by atoms with Gasteiger partial charge in [-0.25, -0.2) is 18.2 Å². The Morgan fingerprint density at radius 1 is 1.16 bits per heavy atom. The van der Waals surface area contributed by atoms with Gasteiger partial charge in [-0.2, -0.15) is 5.10 Å². The van der Waals surface area contributed by atoms with E-state index in [1.54, 1.807) is 23.9 Å². The highest BCUT2D eigenvalue weighted by atomic mass is 19.2. The third kappa shape index (κ3) is 3.14. The van der Waals surface area contributed by atoms with Crippen LogP contribution in [-0.2, 0) is 13.5 Å². The molecule has 2 aliphatic heterocycles. The van der Waals surface area contributed by atoms with Gasteiger partial charge in [-0.3, -0.25) is 9.48 Å². The number of aromatic nitrogens is 3. The SMILES string of the molecule is COc1ccc(C(=O)N2[C@@H]3CCC[C@H]2c2nn(C)c(-c4cc(F)c(F)c(F)c4)c2C3)cn1. The van der Waals surface area contributed by atoms with Gasteiger partial charge in [0.05, 0.1) is 30.1 Å². The molecular formula is C23H21F3N4O2. The standard InChI is InChI=1S/C23H21F3N4O2/c1-29-22(13-8-16(24)20(26)17(25)9-13)15-10-14-4-3-5-18(21(15)28-29)30(14)23(31)12-6-7-19(32-2)27-11-12/h6-9,11,14,18H,3-5,10H2,1-2H3/t14-,18+/m1/s1. The number of pyridine rings is 1. The Morgan fingerprint density at radius 2 is 1.91 bits per heavy atom. The molecule has 0 spiro atoms. The molecule has 1 amide bonds. The molecule has 4 heterocycles. The van der Waals surface area contributed by atoms with Crippen molar-refractivity contribution in [1.29, 1.82) is 0 Å². The summed E-state index contributed by atoms with van der Waals surface area (Å²) >= 11 is 0. The zero-order valence-electron chi connectivity index (χ0n) is 17.6. The Hall–Kier alpha value is -3.36. The van der Waals surface area contributed by atoms with E-state index in [2.05, 4.69) is 10.1 Å². The van der Waals surface area contributed by atoms with E-state index in [-0.39, 0.29) is 23.6 Å². The molecule has 2 bridgehead atoms. The lowest BCUT2D eigenvalue weighted by molar-refractivity contribution is 0.0391. The lowest BCUT2D eigenvalue weighted by Crippen LogP contribution is -2.49. The minimum absolute atomic E-state index is 0.0751. The van der Waals surface area contributed by atoms with Crippen LogP contribution in [0, 0.1) is 17.5 Å². The van der Waals surface area contributed by atoms with Crippen LogP contribution in [0.25, 0.3) is 11.3 Å². The number of methoxy groups -OCH3 is 1. The van der Waals surface area contributed by atoms with Crippen LogP contribution in [-0.4, -0.2) is 38.7 Å². The first kappa shape index (κ1) is 20.5. The molecular weight excluding hydrogens is 421 g/mol. The lowest BCUT2D eigenvalue weighted by Gasteiger charge is -2.45. The maximum absolute atomic E-state index is 13.9. The van der Waals surface area contributed by atoms with E-state index >= 15 is 0 Å². The molecule has 0 radical (unpaired) electrons. The normalized spacial score (nSPS) is 19.6. The van der Waals surface area contributed by atoms with Gasteiger partial charge >= 0.3 is 0 Å². The van der Waals surface area contributed by atoms with Crippen LogP contribution in [0.15, 0.2) is 30.5 Å². The Labute approximate surface area is 182 Å². The average Bonchev–Trinajstić information content (AvgIpc) is 3.12. The molecule has 0 saturated carbocycles. The number of hydrogen-bond donors (Lipinski definition) is 0. The van der Waals surface area contributed by atoms with Gasteiger partial charge in [0.1, 0.15) is 0 Å². The summed E-state index contributed by atoms with van der Waals surface area (Å²) in [6.07, 6.45) is 4.50. The number of fused-ring (bicyclic) bond motifs is 4. The zero-order valence-corrected chi connectivity index (χ0v) is 17.6. The number of halogens is 3. The van der Waals surface area contributed by atoms with Crippen molar-refractivity contribution < 1.29 is 22.7 Å². The van der Waals surface area contributed by atoms with E-state index in [4.69, 9.17) is 4.74 Å². The van der Waals surface area contributed by atoms with E-state index in [1.807, 2.05) is 4.90 Å². The molecule has 6 nitrogen and oxygen atoms in total. The quantitative estimate of drug-likeness (QED) is 0.571. The molecule has 32 heavy (non-hydrogen) atoms. The van der Waals surface area contributed by atoms with Crippen molar-refractivity contribution in [3.8, 4) is 17.1 Å². The number of carbonyl (C=O) groups excluding carboxylic acids is 1. The highest BCUT2D eigenvalue weighted by Gasteiger charge is 2.43. The molecule has 2 atom stereocenters. The molecule has 9 heteroatoms. The van der Waals surface area contributed by atoms with Crippen molar-refractivity contribution in [2.24, 2.45) is 7.05 Å². The molecule has 1 saturated heterocycles. The minimum atomic E-state index is -1.49. The Morgan fingerprint density at radius 3 is 2.56 bits per heavy atom. The van der Waals surface area contributed by atoms with Crippen LogP contribution in [0.5, 0.6) is 5.88 Å². The van der Waals surface area contributed by atoms with Crippen molar-refractivity contribution in [2.75, 3.05) is 7.11 Å². The maximum Gasteiger partial charge on any atom is 0.256 e. The van der Waals surface area contributed by atoms with Gasteiger partial charge in [-0.1, -0.05) is 0 Å². The summed E-state index contributed by atoms with van der Waals surface area (Å²) in [7, 11) is 3.20. The summed E-state index contributed by atoms with van der Waals surface area (Å²) < 4.78 is 48.0. The van der Waals surface area contributed by atoms with Gasteiger partial charge in [0, 0.05) is 36.5 Å². The average molecular weight is 442 g/mol. The first-order valence-electron chi connectivity index (χ1n) is 10.4. The van der Waals surface area contributed by atoms with Crippen LogP contribution < -0.4 is 4.74 Å². The Bertz CT molecular complexity index is 1190. The molecule has 0 unspecified atom stereocenters. The molecule has 0 N–H and O–H groups in total. The highest BCUT2D eigenvalue weighted by Crippen LogP contribution is 2.45. The highest BCUT2D eigenvalue weighted by molar-refractivity contribution is 5.95. The Kier molecular flexibility index (Phi) is 4.91. The van der Waals surface area contributed by atoms with Crippen molar-refractivity contribution in [3.63, 3.8) is 0 Å². The second kappa shape index (κ2) is 7.65. The largest absolute Gasteiger partial charge is 0.481 e. The number of ether oxygens (including phenoxy) is 1. The van der Waals surface area contributed by atoms with Gasteiger partial charge in [0.15, 0.2) is 17.5 Å². The first-order chi connectivity index (χ1) is 15.4. The molecule has 3 aromatic rings. The smallest absolute Gasteiger partial charge is 0.256 e.